The van der Waals surface area contributed by atoms with Crippen LogP contribution in [0.3, 0.4) is 0 Å². The summed E-state index contributed by atoms with van der Waals surface area (Å²) in [4.78, 5) is 5.10. The second kappa shape index (κ2) is 11.0. The van der Waals surface area contributed by atoms with Crippen molar-refractivity contribution in [2.45, 2.75) is 86.1 Å². The number of aromatic nitrogens is 1. The highest BCUT2D eigenvalue weighted by Gasteiger charge is 2.36. The molecule has 189 valence electrons. The summed E-state index contributed by atoms with van der Waals surface area (Å²) in [5.74, 6) is -0.220. The molecule has 1 heterocycles. The zero-order valence-corrected chi connectivity index (χ0v) is 23.9. The second-order valence-electron chi connectivity index (χ2n) is 10.7. The van der Waals surface area contributed by atoms with Crippen molar-refractivity contribution in [3.8, 4) is 11.1 Å². The van der Waals surface area contributed by atoms with Crippen LogP contribution in [0.1, 0.15) is 88.9 Å². The molecular formula is C26H39FNO4SSi. The molecule has 34 heavy (non-hydrogen) atoms. The Morgan fingerprint density at radius 3 is 1.94 bits per heavy atom. The summed E-state index contributed by atoms with van der Waals surface area (Å²) < 4.78 is 49.8. The fourth-order valence-corrected chi connectivity index (χ4v) is 5.30. The number of rotatable bonds is 9. The van der Waals surface area contributed by atoms with Crippen molar-refractivity contribution in [3.63, 3.8) is 0 Å². The van der Waals surface area contributed by atoms with Gasteiger partial charge in [0, 0.05) is 22.5 Å². The predicted molar refractivity (Wildman–Crippen MR) is 138 cm³/mol. The van der Waals surface area contributed by atoms with Crippen molar-refractivity contribution in [1.29, 1.82) is 0 Å². The Bertz CT molecular complexity index is 1090. The van der Waals surface area contributed by atoms with Crippen molar-refractivity contribution < 1.29 is 21.4 Å². The van der Waals surface area contributed by atoms with Gasteiger partial charge in [0.25, 0.3) is 10.1 Å². The molecule has 0 bridgehead atoms. The van der Waals surface area contributed by atoms with E-state index in [9.17, 15) is 12.8 Å². The first-order valence-corrected chi connectivity index (χ1v) is 15.9. The van der Waals surface area contributed by atoms with Crippen LogP contribution in [0.2, 0.25) is 13.1 Å². The molecule has 8 heteroatoms. The Kier molecular flexibility index (Phi) is 9.24. The van der Waals surface area contributed by atoms with Crippen molar-refractivity contribution in [3.05, 3.63) is 52.6 Å². The van der Waals surface area contributed by atoms with Gasteiger partial charge in [0.2, 0.25) is 9.04 Å². The largest absolute Gasteiger partial charge is 0.410 e. The highest BCUT2D eigenvalue weighted by atomic mass is 32.2. The van der Waals surface area contributed by atoms with Crippen LogP contribution in [0.15, 0.2) is 24.3 Å². The first-order valence-electron chi connectivity index (χ1n) is 11.7. The lowest BCUT2D eigenvalue weighted by atomic mass is 9.77. The molecule has 1 unspecified atom stereocenters. The maximum atomic E-state index is 13.9. The van der Waals surface area contributed by atoms with Crippen molar-refractivity contribution >= 4 is 19.2 Å². The van der Waals surface area contributed by atoms with E-state index in [0.29, 0.717) is 5.56 Å². The minimum absolute atomic E-state index is 0.0230. The summed E-state index contributed by atoms with van der Waals surface area (Å²) in [7, 11) is -4.79. The van der Waals surface area contributed by atoms with Gasteiger partial charge in [-0.2, -0.15) is 8.42 Å². The smallest absolute Gasteiger partial charge is 0.264 e. The van der Waals surface area contributed by atoms with Crippen molar-refractivity contribution in [1.82, 2.24) is 4.98 Å². The van der Waals surface area contributed by atoms with Gasteiger partial charge in [-0.3, -0.25) is 9.17 Å². The maximum Gasteiger partial charge on any atom is 0.264 e. The molecule has 1 radical (unpaired) electrons. The van der Waals surface area contributed by atoms with Gasteiger partial charge in [0.1, 0.15) is 5.82 Å². The van der Waals surface area contributed by atoms with Crippen LogP contribution in [0.4, 0.5) is 4.39 Å². The molecule has 1 atom stereocenters. The van der Waals surface area contributed by atoms with E-state index in [1.54, 1.807) is 12.1 Å². The number of hydrogen-bond donors (Lipinski definition) is 0. The topological polar surface area (TPSA) is 65.5 Å². The minimum Gasteiger partial charge on any atom is -0.410 e. The standard InChI is InChI=1S/C26H39FNO4SSi/c1-16(2)23-20(15-31-33(8,29)30)21(18-11-13-19(27)14-12-18)22(24(28-23)17(3)4)25(26(5,6)7)32-34(9)10/h11-14,16-17,25H,15H2,1-10H3. The molecule has 2 rings (SSSR count). The van der Waals surface area contributed by atoms with E-state index in [0.717, 1.165) is 34.3 Å². The van der Waals surface area contributed by atoms with Crippen LogP contribution in [0.25, 0.3) is 11.1 Å². The molecule has 5 nitrogen and oxygen atoms in total. The average Bonchev–Trinajstić information content (AvgIpc) is 2.68. The van der Waals surface area contributed by atoms with Crippen LogP contribution in [0.5, 0.6) is 0 Å². The lowest BCUT2D eigenvalue weighted by molar-refractivity contribution is 0.0854. The van der Waals surface area contributed by atoms with E-state index in [1.165, 1.54) is 12.1 Å². The lowest BCUT2D eigenvalue weighted by Gasteiger charge is -2.37. The summed E-state index contributed by atoms with van der Waals surface area (Å²) in [6, 6.07) is 6.31. The molecule has 1 aromatic carbocycles. The van der Waals surface area contributed by atoms with Gasteiger partial charge in [-0.05, 0) is 53.6 Å². The molecule has 1 aromatic heterocycles. The molecule has 0 spiro atoms. The monoisotopic (exact) mass is 508 g/mol. The van der Waals surface area contributed by atoms with Gasteiger partial charge >= 0.3 is 0 Å². The highest BCUT2D eigenvalue weighted by molar-refractivity contribution is 7.85. The zero-order valence-electron chi connectivity index (χ0n) is 22.1. The van der Waals surface area contributed by atoms with Gasteiger partial charge in [-0.25, -0.2) is 4.39 Å². The van der Waals surface area contributed by atoms with E-state index in [2.05, 4.69) is 47.7 Å². The first-order chi connectivity index (χ1) is 15.5. The first kappa shape index (κ1) is 28.6. The van der Waals surface area contributed by atoms with Gasteiger partial charge in [-0.1, -0.05) is 60.6 Å². The van der Waals surface area contributed by atoms with Gasteiger partial charge < -0.3 is 4.43 Å². The molecule has 0 N–H and O–H groups in total. The quantitative estimate of drug-likeness (QED) is 0.270. The predicted octanol–water partition coefficient (Wildman–Crippen LogP) is 6.97. The van der Waals surface area contributed by atoms with Gasteiger partial charge in [0.05, 0.1) is 19.0 Å². The number of nitrogens with zero attached hydrogens (tertiary/aromatic N) is 1. The molecule has 0 aliphatic carbocycles. The summed E-state index contributed by atoms with van der Waals surface area (Å²) in [6.45, 7) is 18.7. The highest BCUT2D eigenvalue weighted by Crippen LogP contribution is 2.47. The number of halogens is 1. The van der Waals surface area contributed by atoms with Crippen LogP contribution in [-0.4, -0.2) is 28.7 Å². The molecule has 0 fully saturated rings. The van der Waals surface area contributed by atoms with E-state index in [1.807, 2.05) is 13.8 Å². The molecule has 0 amide bonds. The Balaban J connectivity index is 3.09. The summed E-state index contributed by atoms with van der Waals surface area (Å²) >= 11 is 0. The summed E-state index contributed by atoms with van der Waals surface area (Å²) in [6.07, 6.45) is 0.750. The number of pyridine rings is 1. The zero-order chi connectivity index (χ0) is 26.0. The van der Waals surface area contributed by atoms with Crippen molar-refractivity contribution in [2.75, 3.05) is 6.26 Å². The Hall–Kier alpha value is -1.61. The van der Waals surface area contributed by atoms with Gasteiger partial charge in [-0.15, -0.1) is 0 Å². The maximum absolute atomic E-state index is 13.9. The Morgan fingerprint density at radius 1 is 1.00 bits per heavy atom. The third-order valence-corrected chi connectivity index (χ3v) is 6.70. The van der Waals surface area contributed by atoms with Gasteiger partial charge in [0.15, 0.2) is 0 Å². The number of hydrogen-bond acceptors (Lipinski definition) is 5. The summed E-state index contributed by atoms with van der Waals surface area (Å²) in [5.41, 5.74) is 4.66. The molecule has 0 saturated heterocycles. The fraction of sp³-hybridized carbons (Fsp3) is 0.577. The summed E-state index contributed by atoms with van der Waals surface area (Å²) in [5, 5.41) is 0. The molecule has 2 aromatic rings. The lowest BCUT2D eigenvalue weighted by Crippen LogP contribution is -2.29. The van der Waals surface area contributed by atoms with Crippen LogP contribution in [-0.2, 0) is 25.3 Å². The second-order valence-corrected chi connectivity index (χ2v) is 14.4. The van der Waals surface area contributed by atoms with Crippen LogP contribution < -0.4 is 0 Å². The van der Waals surface area contributed by atoms with E-state index >= 15 is 0 Å². The van der Waals surface area contributed by atoms with Crippen LogP contribution >= 0.6 is 0 Å². The third kappa shape index (κ3) is 7.20. The molecular weight excluding hydrogens is 469 g/mol. The van der Waals surface area contributed by atoms with Crippen molar-refractivity contribution in [2.24, 2.45) is 5.41 Å². The normalized spacial score (nSPS) is 13.8. The molecule has 0 aliphatic rings. The van der Waals surface area contributed by atoms with E-state index in [4.69, 9.17) is 13.6 Å². The minimum atomic E-state index is -3.69. The fourth-order valence-electron chi connectivity index (χ4n) is 4.02. The SMILES string of the molecule is CC(C)c1nc(C(C)C)c(C(O[Si](C)C)C(C)(C)C)c(-c2ccc(F)cc2)c1COS(C)(=O)=O. The number of benzene rings is 1. The molecule has 0 aliphatic heterocycles. The van der Waals surface area contributed by atoms with Crippen LogP contribution in [0, 0.1) is 11.2 Å². The van der Waals surface area contributed by atoms with E-state index in [-0.39, 0.29) is 35.8 Å². The molecule has 0 saturated carbocycles. The van der Waals surface area contributed by atoms with E-state index < -0.39 is 19.2 Å². The Labute approximate surface area is 207 Å². The third-order valence-electron chi connectivity index (χ3n) is 5.44. The Morgan fingerprint density at radius 2 is 1.53 bits per heavy atom. The average molecular weight is 509 g/mol.